The molecule has 4 rings (SSSR count). The van der Waals surface area contributed by atoms with E-state index in [-0.39, 0.29) is 11.9 Å². The van der Waals surface area contributed by atoms with E-state index in [1.807, 2.05) is 17.9 Å². The van der Waals surface area contributed by atoms with Gasteiger partial charge in [-0.1, -0.05) is 0 Å². The molecular weight excluding hydrogens is 424 g/mol. The van der Waals surface area contributed by atoms with Crippen molar-refractivity contribution in [2.45, 2.75) is 38.1 Å². The second-order valence-electron chi connectivity index (χ2n) is 9.03. The summed E-state index contributed by atoms with van der Waals surface area (Å²) < 4.78 is 5.04. The molecule has 1 aromatic heterocycles. The minimum Gasteiger partial charge on any atom is -0.465 e. The van der Waals surface area contributed by atoms with Crippen LogP contribution in [0.25, 0.3) is 0 Å². The molecular formula is C23H32N6O4. The molecule has 3 aliphatic rings. The Hall–Kier alpha value is -3.06. The monoisotopic (exact) mass is 456 g/mol. The third kappa shape index (κ3) is 4.98. The third-order valence-corrected chi connectivity index (χ3v) is 6.75. The van der Waals surface area contributed by atoms with E-state index < -0.39 is 6.09 Å². The summed E-state index contributed by atoms with van der Waals surface area (Å²) in [4.78, 5) is 36.4. The Bertz CT molecular complexity index is 936. The number of rotatable bonds is 6. The van der Waals surface area contributed by atoms with Gasteiger partial charge < -0.3 is 29.4 Å². The maximum Gasteiger partial charge on any atom is 0.407 e. The van der Waals surface area contributed by atoms with Gasteiger partial charge in [0.2, 0.25) is 5.91 Å². The second kappa shape index (κ2) is 9.83. The van der Waals surface area contributed by atoms with E-state index in [1.54, 1.807) is 7.11 Å². The smallest absolute Gasteiger partial charge is 0.407 e. The van der Waals surface area contributed by atoms with Gasteiger partial charge in [0.05, 0.1) is 30.0 Å². The van der Waals surface area contributed by atoms with Crippen molar-refractivity contribution in [3.05, 3.63) is 17.3 Å². The first kappa shape index (κ1) is 23.1. The molecule has 0 bridgehead atoms. The van der Waals surface area contributed by atoms with Crippen LogP contribution in [-0.4, -0.2) is 97.5 Å². The summed E-state index contributed by atoms with van der Waals surface area (Å²) in [5.41, 5.74) is 2.50. The van der Waals surface area contributed by atoms with E-state index in [0.717, 1.165) is 24.2 Å². The van der Waals surface area contributed by atoms with Gasteiger partial charge in [0.1, 0.15) is 11.9 Å². The molecule has 2 aliphatic heterocycles. The molecule has 1 saturated carbocycles. The first-order chi connectivity index (χ1) is 15.9. The summed E-state index contributed by atoms with van der Waals surface area (Å²) >= 11 is 0. The van der Waals surface area contributed by atoms with Crippen LogP contribution in [0.15, 0.2) is 6.07 Å². The number of piperazine rings is 2. The molecule has 178 valence electrons. The molecule has 1 aromatic rings. The number of nitrogens with zero attached hydrogens (tertiary/aromatic N) is 6. The molecule has 10 nitrogen and oxygen atoms in total. The lowest BCUT2D eigenvalue weighted by Gasteiger charge is -2.41. The van der Waals surface area contributed by atoms with Gasteiger partial charge in [-0.15, -0.1) is 0 Å². The van der Waals surface area contributed by atoms with Crippen molar-refractivity contribution in [2.24, 2.45) is 0 Å². The highest BCUT2D eigenvalue weighted by molar-refractivity contribution is 5.77. The molecule has 1 atom stereocenters. The average molecular weight is 457 g/mol. The predicted octanol–water partition coefficient (Wildman–Crippen LogP) is 1.70. The predicted molar refractivity (Wildman–Crippen MR) is 123 cm³/mol. The Morgan fingerprint density at radius 2 is 1.88 bits per heavy atom. The van der Waals surface area contributed by atoms with Gasteiger partial charge in [-0.25, -0.2) is 9.78 Å². The maximum atomic E-state index is 12.5. The Kier molecular flexibility index (Phi) is 6.88. The minimum atomic E-state index is -0.891. The van der Waals surface area contributed by atoms with Crippen LogP contribution in [0.5, 0.6) is 0 Å². The number of aromatic nitrogens is 1. The SMILES string of the molecule is COCCC(=O)N1CCN(c2nc(C3CC3)c(N3CCN(C(=O)O)CC3)cc2C#N)CC1C. The van der Waals surface area contributed by atoms with Crippen molar-refractivity contribution in [2.75, 3.05) is 69.3 Å². The Morgan fingerprint density at radius 3 is 2.45 bits per heavy atom. The summed E-state index contributed by atoms with van der Waals surface area (Å²) in [7, 11) is 1.59. The Balaban J connectivity index is 1.54. The first-order valence-corrected chi connectivity index (χ1v) is 11.6. The van der Waals surface area contributed by atoms with Crippen LogP contribution in [0.2, 0.25) is 0 Å². The number of carbonyl (C=O) groups excluding carboxylic acids is 1. The highest BCUT2D eigenvalue weighted by atomic mass is 16.5. The lowest BCUT2D eigenvalue weighted by molar-refractivity contribution is -0.134. The number of carboxylic acid groups (broad SMARTS) is 1. The van der Waals surface area contributed by atoms with Crippen LogP contribution < -0.4 is 9.80 Å². The number of ether oxygens (including phenoxy) is 1. The summed E-state index contributed by atoms with van der Waals surface area (Å²) in [5, 5.41) is 19.2. The maximum absolute atomic E-state index is 12.5. The van der Waals surface area contributed by atoms with Crippen LogP contribution >= 0.6 is 0 Å². The third-order valence-electron chi connectivity index (χ3n) is 6.75. The molecule has 0 aromatic carbocycles. The summed E-state index contributed by atoms with van der Waals surface area (Å²) in [6.07, 6.45) is 1.65. The van der Waals surface area contributed by atoms with E-state index in [4.69, 9.17) is 9.72 Å². The molecule has 2 amide bonds. The van der Waals surface area contributed by atoms with E-state index in [1.165, 1.54) is 4.90 Å². The van der Waals surface area contributed by atoms with Crippen molar-refractivity contribution < 1.29 is 19.4 Å². The summed E-state index contributed by atoms with van der Waals surface area (Å²) in [6, 6.07) is 4.29. The number of hydrogen-bond acceptors (Lipinski definition) is 7. The number of methoxy groups -OCH3 is 1. The van der Waals surface area contributed by atoms with Gasteiger partial charge in [0.25, 0.3) is 0 Å². The average Bonchev–Trinajstić information content (AvgIpc) is 3.67. The Labute approximate surface area is 194 Å². The highest BCUT2D eigenvalue weighted by Crippen LogP contribution is 2.45. The van der Waals surface area contributed by atoms with E-state index in [2.05, 4.69) is 15.9 Å². The van der Waals surface area contributed by atoms with Gasteiger partial charge in [0.15, 0.2) is 0 Å². The van der Waals surface area contributed by atoms with Gasteiger partial charge in [-0.2, -0.15) is 5.26 Å². The molecule has 1 aliphatic carbocycles. The standard InChI is InChI=1S/C23H32N6O4/c1-16-15-28(10-11-29(16)20(30)5-12-33-2)22-18(14-24)13-19(21(25-22)17-3-4-17)26-6-8-27(9-7-26)23(31)32/h13,16-17H,3-12,15H2,1-2H3,(H,31,32). The van der Waals surface area contributed by atoms with E-state index in [0.29, 0.717) is 76.1 Å². The molecule has 10 heteroatoms. The quantitative estimate of drug-likeness (QED) is 0.688. The van der Waals surface area contributed by atoms with Crippen LogP contribution in [0, 0.1) is 11.3 Å². The van der Waals surface area contributed by atoms with Crippen LogP contribution in [0.1, 0.15) is 43.4 Å². The summed E-state index contributed by atoms with van der Waals surface area (Å²) in [6.45, 7) is 6.37. The van der Waals surface area contributed by atoms with Crippen molar-refractivity contribution >= 4 is 23.5 Å². The zero-order chi connectivity index (χ0) is 23.5. The van der Waals surface area contributed by atoms with Gasteiger partial charge in [-0.05, 0) is 25.8 Å². The Morgan fingerprint density at radius 1 is 1.18 bits per heavy atom. The molecule has 1 N–H and O–H groups in total. The topological polar surface area (TPSA) is 113 Å². The number of nitriles is 1. The molecule has 3 heterocycles. The lowest BCUT2D eigenvalue weighted by Crippen LogP contribution is -2.54. The molecule has 33 heavy (non-hydrogen) atoms. The van der Waals surface area contributed by atoms with Gasteiger partial charge >= 0.3 is 6.09 Å². The summed E-state index contributed by atoms with van der Waals surface area (Å²) in [5.74, 6) is 1.17. The fraction of sp³-hybridized carbons (Fsp3) is 0.652. The van der Waals surface area contributed by atoms with Crippen molar-refractivity contribution in [1.29, 1.82) is 5.26 Å². The second-order valence-corrected chi connectivity index (χ2v) is 9.03. The van der Waals surface area contributed by atoms with Gasteiger partial charge in [-0.3, -0.25) is 4.79 Å². The largest absolute Gasteiger partial charge is 0.465 e. The highest BCUT2D eigenvalue weighted by Gasteiger charge is 2.34. The molecule has 2 saturated heterocycles. The van der Waals surface area contributed by atoms with E-state index in [9.17, 15) is 20.0 Å². The van der Waals surface area contributed by atoms with Crippen LogP contribution in [0.3, 0.4) is 0 Å². The number of carbonyl (C=O) groups is 2. The zero-order valence-electron chi connectivity index (χ0n) is 19.4. The number of pyridine rings is 1. The van der Waals surface area contributed by atoms with Crippen molar-refractivity contribution in [3.63, 3.8) is 0 Å². The van der Waals surface area contributed by atoms with E-state index >= 15 is 0 Å². The minimum absolute atomic E-state index is 0.0181. The van der Waals surface area contributed by atoms with Crippen LogP contribution in [0.4, 0.5) is 16.3 Å². The fourth-order valence-corrected chi connectivity index (χ4v) is 4.73. The molecule has 3 fully saturated rings. The van der Waals surface area contributed by atoms with Crippen LogP contribution in [-0.2, 0) is 9.53 Å². The fourth-order valence-electron chi connectivity index (χ4n) is 4.73. The zero-order valence-corrected chi connectivity index (χ0v) is 19.4. The first-order valence-electron chi connectivity index (χ1n) is 11.6. The van der Waals surface area contributed by atoms with Crippen molar-refractivity contribution in [3.8, 4) is 6.07 Å². The number of anilines is 2. The number of amides is 2. The lowest BCUT2D eigenvalue weighted by atomic mass is 10.1. The molecule has 0 spiro atoms. The van der Waals surface area contributed by atoms with Crippen molar-refractivity contribution in [1.82, 2.24) is 14.8 Å². The molecule has 0 radical (unpaired) electrons. The number of hydrogen-bond donors (Lipinski definition) is 1. The normalized spacial score (nSPS) is 21.2. The van der Waals surface area contributed by atoms with Gasteiger partial charge in [0, 0.05) is 64.9 Å². The molecule has 1 unspecified atom stereocenters.